The summed E-state index contributed by atoms with van der Waals surface area (Å²) in [5, 5.41) is 5.08. The van der Waals surface area contributed by atoms with Gasteiger partial charge in [-0.1, -0.05) is 30.0 Å². The molecule has 9 heteroatoms. The molecule has 0 aliphatic rings. The lowest BCUT2D eigenvalue weighted by molar-refractivity contribution is 0.833. The van der Waals surface area contributed by atoms with E-state index in [9.17, 15) is 0 Å². The maximum Gasteiger partial charge on any atom is 0.229 e. The van der Waals surface area contributed by atoms with Gasteiger partial charge in [-0.2, -0.15) is 15.0 Å². The largest absolute Gasteiger partial charge is 0.368 e. The summed E-state index contributed by atoms with van der Waals surface area (Å²) in [7, 11) is 3.71. The van der Waals surface area contributed by atoms with Crippen LogP contribution in [0.3, 0.4) is 0 Å². The topological polar surface area (TPSA) is 98.6 Å². The van der Waals surface area contributed by atoms with Gasteiger partial charge in [-0.05, 0) is 12.1 Å². The molecule has 0 saturated heterocycles. The number of rotatable bonds is 5. The fourth-order valence-electron chi connectivity index (χ4n) is 1.84. The molecule has 0 unspecified atom stereocenters. The highest BCUT2D eigenvalue weighted by Crippen LogP contribution is 2.19. The van der Waals surface area contributed by atoms with E-state index in [1.807, 2.05) is 44.4 Å². The van der Waals surface area contributed by atoms with Crippen molar-refractivity contribution in [3.8, 4) is 5.69 Å². The first-order chi connectivity index (χ1) is 11.1. The van der Waals surface area contributed by atoms with Gasteiger partial charge in [0.1, 0.15) is 12.2 Å². The number of aromatic nitrogens is 6. The highest BCUT2D eigenvalue weighted by atomic mass is 32.2. The Kier molecular flexibility index (Phi) is 4.38. The lowest BCUT2D eigenvalue weighted by atomic mass is 10.3. The number of anilines is 2. The zero-order valence-electron chi connectivity index (χ0n) is 12.8. The monoisotopic (exact) mass is 328 g/mol. The molecule has 3 rings (SSSR count). The summed E-state index contributed by atoms with van der Waals surface area (Å²) >= 11 is 1.45. The predicted molar refractivity (Wildman–Crippen MR) is 89.5 cm³/mol. The molecule has 2 aromatic heterocycles. The average molecular weight is 328 g/mol. The third-order valence-corrected chi connectivity index (χ3v) is 3.76. The van der Waals surface area contributed by atoms with Crippen molar-refractivity contribution in [2.24, 2.45) is 0 Å². The van der Waals surface area contributed by atoms with E-state index >= 15 is 0 Å². The highest BCUT2D eigenvalue weighted by molar-refractivity contribution is 7.98. The molecule has 0 aliphatic heterocycles. The average Bonchev–Trinajstić information content (AvgIpc) is 3.02. The first-order valence-corrected chi connectivity index (χ1v) is 7.88. The van der Waals surface area contributed by atoms with Crippen molar-refractivity contribution in [3.63, 3.8) is 0 Å². The molecular formula is C14H16N8S. The fourth-order valence-corrected chi connectivity index (χ4v) is 2.49. The number of thioether (sulfide) groups is 1. The van der Waals surface area contributed by atoms with Crippen LogP contribution in [0, 0.1) is 0 Å². The molecule has 0 spiro atoms. The van der Waals surface area contributed by atoms with Crippen LogP contribution in [0.1, 0.15) is 5.82 Å². The molecule has 2 heterocycles. The standard InChI is InChI=1S/C14H16N8S/c1-21(2)13-18-11(17-12(15)19-13)8-23-14-16-9-22(20-14)10-6-4-3-5-7-10/h3-7,9H,8H2,1-2H3,(H2,15,17,18,19). The molecule has 0 atom stereocenters. The Bertz CT molecular complexity index is 786. The van der Waals surface area contributed by atoms with E-state index in [-0.39, 0.29) is 5.95 Å². The second-order valence-corrected chi connectivity index (χ2v) is 5.84. The molecule has 0 radical (unpaired) electrons. The van der Waals surface area contributed by atoms with Crippen molar-refractivity contribution in [1.82, 2.24) is 29.7 Å². The number of nitrogens with zero attached hydrogens (tertiary/aromatic N) is 7. The highest BCUT2D eigenvalue weighted by Gasteiger charge is 2.09. The molecule has 0 fully saturated rings. The molecule has 118 valence electrons. The molecule has 0 aliphatic carbocycles. The predicted octanol–water partition coefficient (Wildman–Crippen LogP) is 1.39. The molecule has 3 aromatic rings. The Morgan fingerprint density at radius 3 is 2.65 bits per heavy atom. The van der Waals surface area contributed by atoms with Crippen LogP contribution in [-0.4, -0.2) is 43.8 Å². The molecule has 8 nitrogen and oxygen atoms in total. The molecule has 0 saturated carbocycles. The summed E-state index contributed by atoms with van der Waals surface area (Å²) in [6.07, 6.45) is 1.69. The van der Waals surface area contributed by atoms with E-state index in [2.05, 4.69) is 25.0 Å². The Hall–Kier alpha value is -2.68. The Labute approximate surface area is 137 Å². The first-order valence-electron chi connectivity index (χ1n) is 6.89. The van der Waals surface area contributed by atoms with Gasteiger partial charge in [-0.25, -0.2) is 9.67 Å². The quantitative estimate of drug-likeness (QED) is 0.702. The van der Waals surface area contributed by atoms with Crippen molar-refractivity contribution in [2.75, 3.05) is 24.7 Å². The van der Waals surface area contributed by atoms with E-state index < -0.39 is 0 Å². The van der Waals surface area contributed by atoms with Crippen LogP contribution >= 0.6 is 11.8 Å². The van der Waals surface area contributed by atoms with E-state index in [4.69, 9.17) is 5.73 Å². The molecule has 2 N–H and O–H groups in total. The number of nitrogen functional groups attached to an aromatic ring is 1. The van der Waals surface area contributed by atoms with Crippen molar-refractivity contribution in [3.05, 3.63) is 42.5 Å². The zero-order chi connectivity index (χ0) is 16.2. The maximum atomic E-state index is 5.71. The smallest absolute Gasteiger partial charge is 0.229 e. The lowest BCUT2D eigenvalue weighted by Crippen LogP contribution is -2.15. The van der Waals surface area contributed by atoms with Gasteiger partial charge in [0.05, 0.1) is 11.4 Å². The summed E-state index contributed by atoms with van der Waals surface area (Å²) in [4.78, 5) is 18.6. The van der Waals surface area contributed by atoms with Gasteiger partial charge in [-0.15, -0.1) is 5.10 Å². The minimum Gasteiger partial charge on any atom is -0.368 e. The summed E-state index contributed by atoms with van der Waals surface area (Å²) < 4.78 is 1.73. The van der Waals surface area contributed by atoms with E-state index in [0.29, 0.717) is 22.7 Å². The normalized spacial score (nSPS) is 10.7. The fraction of sp³-hybridized carbons (Fsp3) is 0.214. The van der Waals surface area contributed by atoms with E-state index in [0.717, 1.165) is 5.69 Å². The van der Waals surface area contributed by atoms with Gasteiger partial charge in [0.2, 0.25) is 17.1 Å². The molecule has 0 bridgehead atoms. The lowest BCUT2D eigenvalue weighted by Gasteiger charge is -2.10. The van der Waals surface area contributed by atoms with Gasteiger partial charge in [0.15, 0.2) is 0 Å². The maximum absolute atomic E-state index is 5.71. The van der Waals surface area contributed by atoms with Gasteiger partial charge in [0, 0.05) is 14.1 Å². The number of para-hydroxylation sites is 1. The van der Waals surface area contributed by atoms with Gasteiger partial charge >= 0.3 is 0 Å². The molecule has 0 amide bonds. The summed E-state index contributed by atoms with van der Waals surface area (Å²) in [6, 6.07) is 9.82. The van der Waals surface area contributed by atoms with Crippen molar-refractivity contribution >= 4 is 23.7 Å². The van der Waals surface area contributed by atoms with Crippen LogP contribution in [0.4, 0.5) is 11.9 Å². The minimum atomic E-state index is 0.210. The van der Waals surface area contributed by atoms with Crippen molar-refractivity contribution < 1.29 is 0 Å². The van der Waals surface area contributed by atoms with Crippen LogP contribution in [0.25, 0.3) is 5.69 Å². The number of nitrogens with two attached hydrogens (primary N) is 1. The van der Waals surface area contributed by atoms with E-state index in [1.54, 1.807) is 15.9 Å². The van der Waals surface area contributed by atoms with Crippen LogP contribution < -0.4 is 10.6 Å². The van der Waals surface area contributed by atoms with Crippen LogP contribution in [0.5, 0.6) is 0 Å². The second kappa shape index (κ2) is 6.61. The molecular weight excluding hydrogens is 312 g/mol. The van der Waals surface area contributed by atoms with Crippen molar-refractivity contribution in [2.45, 2.75) is 10.9 Å². The second-order valence-electron chi connectivity index (χ2n) is 4.90. The zero-order valence-corrected chi connectivity index (χ0v) is 13.6. The van der Waals surface area contributed by atoms with E-state index in [1.165, 1.54) is 11.8 Å². The van der Waals surface area contributed by atoms with Crippen molar-refractivity contribution in [1.29, 1.82) is 0 Å². The SMILES string of the molecule is CN(C)c1nc(N)nc(CSc2ncn(-c3ccccc3)n2)n1. The van der Waals surface area contributed by atoms with Crippen LogP contribution in [-0.2, 0) is 5.75 Å². The Morgan fingerprint density at radius 1 is 1.13 bits per heavy atom. The summed E-state index contributed by atoms with van der Waals surface area (Å²) in [5.74, 6) is 1.87. The third-order valence-electron chi connectivity index (χ3n) is 2.91. The van der Waals surface area contributed by atoms with Crippen LogP contribution in [0.2, 0.25) is 0 Å². The van der Waals surface area contributed by atoms with Gasteiger partial charge in [0.25, 0.3) is 0 Å². The first kappa shape index (κ1) is 15.2. The third kappa shape index (κ3) is 3.75. The van der Waals surface area contributed by atoms with Gasteiger partial charge in [-0.3, -0.25) is 0 Å². The number of benzene rings is 1. The van der Waals surface area contributed by atoms with Gasteiger partial charge < -0.3 is 10.6 Å². The molecule has 1 aromatic carbocycles. The summed E-state index contributed by atoms with van der Waals surface area (Å²) in [5.41, 5.74) is 6.68. The van der Waals surface area contributed by atoms with Crippen LogP contribution in [0.15, 0.2) is 41.8 Å². The summed E-state index contributed by atoms with van der Waals surface area (Å²) in [6.45, 7) is 0. The molecule has 23 heavy (non-hydrogen) atoms. The Balaban J connectivity index is 1.71. The number of hydrogen-bond donors (Lipinski definition) is 1. The number of hydrogen-bond acceptors (Lipinski definition) is 8. The minimum absolute atomic E-state index is 0.210. The Morgan fingerprint density at radius 2 is 1.91 bits per heavy atom.